The molecule has 1 aromatic heterocycles. The van der Waals surface area contributed by atoms with Crippen LogP contribution in [0.1, 0.15) is 18.4 Å². The van der Waals surface area contributed by atoms with Gasteiger partial charge in [0.2, 0.25) is 10.0 Å². The molecule has 2 heterocycles. The number of sulfonamides is 1. The number of rotatable bonds is 2. The third-order valence-corrected chi connectivity index (χ3v) is 5.51. The van der Waals surface area contributed by atoms with Crippen LogP contribution in [-0.2, 0) is 15.7 Å². The van der Waals surface area contributed by atoms with E-state index in [-0.39, 0.29) is 25.9 Å². The normalized spacial score (nSPS) is 20.0. The van der Waals surface area contributed by atoms with Crippen molar-refractivity contribution in [3.8, 4) is 0 Å². The topological polar surface area (TPSA) is 66.1 Å². The molecular weight excluding hydrogens is 317 g/mol. The number of halogens is 2. The van der Waals surface area contributed by atoms with E-state index in [9.17, 15) is 8.42 Å². The summed E-state index contributed by atoms with van der Waals surface area (Å²) in [5.41, 5.74) is -0.430. The number of aromatic nitrogens is 2. The highest BCUT2D eigenvalue weighted by atomic mass is 35.5. The number of alkyl halides is 1. The molecule has 8 heteroatoms. The molecule has 0 spiro atoms. The van der Waals surface area contributed by atoms with Crippen molar-refractivity contribution in [3.63, 3.8) is 0 Å². The van der Waals surface area contributed by atoms with Gasteiger partial charge in [-0.15, -0.1) is 0 Å². The molecule has 0 aliphatic carbocycles. The van der Waals surface area contributed by atoms with Gasteiger partial charge in [-0.1, -0.05) is 11.6 Å². The van der Waals surface area contributed by atoms with Gasteiger partial charge in [0.25, 0.3) is 0 Å². The Morgan fingerprint density at radius 2 is 2.05 bits per heavy atom. The average molecular weight is 332 g/mol. The standard InChI is InChI=1S/C13H15ClFN3O2S/c1-21(19,20)18-4-2-13(15,3-5-18)11-6-9(14)7-12-10(11)8-16-17-12/h6-8H,2-5H2,1H3,(H,16,17). The second-order valence-electron chi connectivity index (χ2n) is 5.41. The molecule has 5 nitrogen and oxygen atoms in total. The number of hydrogen-bond donors (Lipinski definition) is 1. The number of fused-ring (bicyclic) bond motifs is 1. The van der Waals surface area contributed by atoms with Crippen LogP contribution in [-0.4, -0.2) is 42.3 Å². The van der Waals surface area contributed by atoms with Crippen LogP contribution in [0.2, 0.25) is 5.02 Å². The molecule has 21 heavy (non-hydrogen) atoms. The van der Waals surface area contributed by atoms with E-state index in [4.69, 9.17) is 11.6 Å². The fraction of sp³-hybridized carbons (Fsp3) is 0.462. The van der Waals surface area contributed by atoms with E-state index in [0.717, 1.165) is 6.26 Å². The van der Waals surface area contributed by atoms with Gasteiger partial charge >= 0.3 is 0 Å². The first kappa shape index (κ1) is 14.7. The minimum absolute atomic E-state index is 0.112. The Balaban J connectivity index is 1.98. The molecule has 114 valence electrons. The molecule has 1 fully saturated rings. The summed E-state index contributed by atoms with van der Waals surface area (Å²) in [7, 11) is -3.28. The molecular formula is C13H15ClFN3O2S. The van der Waals surface area contributed by atoms with Crippen LogP contribution in [0, 0.1) is 0 Å². The van der Waals surface area contributed by atoms with Crippen molar-refractivity contribution in [2.45, 2.75) is 18.5 Å². The summed E-state index contributed by atoms with van der Waals surface area (Å²) in [4.78, 5) is 0. The van der Waals surface area contributed by atoms with E-state index < -0.39 is 15.7 Å². The molecule has 1 saturated heterocycles. The van der Waals surface area contributed by atoms with Gasteiger partial charge in [-0.3, -0.25) is 5.10 Å². The van der Waals surface area contributed by atoms with Crippen LogP contribution in [0.5, 0.6) is 0 Å². The third kappa shape index (κ3) is 2.65. The SMILES string of the molecule is CS(=O)(=O)N1CCC(F)(c2cc(Cl)cc3[nH]ncc23)CC1. The van der Waals surface area contributed by atoms with E-state index in [1.807, 2.05) is 0 Å². The minimum atomic E-state index is -3.28. The Labute approximate surface area is 127 Å². The van der Waals surface area contributed by atoms with Crippen molar-refractivity contribution < 1.29 is 12.8 Å². The van der Waals surface area contributed by atoms with Crippen LogP contribution >= 0.6 is 11.6 Å². The summed E-state index contributed by atoms with van der Waals surface area (Å²) in [5.74, 6) is 0. The maximum Gasteiger partial charge on any atom is 0.211 e. The van der Waals surface area contributed by atoms with E-state index in [2.05, 4.69) is 10.2 Å². The second-order valence-corrected chi connectivity index (χ2v) is 7.83. The van der Waals surface area contributed by atoms with Crippen molar-refractivity contribution >= 4 is 32.5 Å². The first-order valence-electron chi connectivity index (χ1n) is 6.57. The average Bonchev–Trinajstić information content (AvgIpc) is 2.85. The van der Waals surface area contributed by atoms with Crippen molar-refractivity contribution in [2.24, 2.45) is 0 Å². The zero-order valence-corrected chi connectivity index (χ0v) is 13.0. The molecule has 0 bridgehead atoms. The Morgan fingerprint density at radius 1 is 1.38 bits per heavy atom. The summed E-state index contributed by atoms with van der Waals surface area (Å²) < 4.78 is 39.7. The lowest BCUT2D eigenvalue weighted by atomic mass is 9.85. The van der Waals surface area contributed by atoms with Gasteiger partial charge in [0.15, 0.2) is 0 Å². The number of aromatic amines is 1. The molecule has 0 unspecified atom stereocenters. The molecule has 2 aromatic rings. The van der Waals surface area contributed by atoms with Crippen molar-refractivity contribution in [1.29, 1.82) is 0 Å². The van der Waals surface area contributed by atoms with Crippen LogP contribution in [0.3, 0.4) is 0 Å². The molecule has 0 radical (unpaired) electrons. The van der Waals surface area contributed by atoms with Gasteiger partial charge in [-0.2, -0.15) is 5.10 Å². The van der Waals surface area contributed by atoms with E-state index in [0.29, 0.717) is 21.5 Å². The van der Waals surface area contributed by atoms with Gasteiger partial charge in [-0.25, -0.2) is 17.1 Å². The molecule has 1 N–H and O–H groups in total. The Hall–Kier alpha value is -1.18. The first-order valence-corrected chi connectivity index (χ1v) is 8.79. The second kappa shape index (κ2) is 4.93. The Morgan fingerprint density at radius 3 is 2.67 bits per heavy atom. The zero-order chi connectivity index (χ0) is 15.3. The molecule has 1 aliphatic rings. The highest BCUT2D eigenvalue weighted by molar-refractivity contribution is 7.88. The number of nitrogens with zero attached hydrogens (tertiary/aromatic N) is 2. The van der Waals surface area contributed by atoms with Crippen molar-refractivity contribution in [2.75, 3.05) is 19.3 Å². The van der Waals surface area contributed by atoms with Crippen LogP contribution in [0.25, 0.3) is 10.9 Å². The molecule has 0 atom stereocenters. The molecule has 0 amide bonds. The summed E-state index contributed by atoms with van der Waals surface area (Å²) in [6, 6.07) is 3.30. The number of benzene rings is 1. The van der Waals surface area contributed by atoms with Crippen molar-refractivity contribution in [3.05, 3.63) is 28.9 Å². The molecule has 3 rings (SSSR count). The summed E-state index contributed by atoms with van der Waals surface area (Å²) in [6.07, 6.45) is 2.94. The maximum atomic E-state index is 15.3. The smallest absolute Gasteiger partial charge is 0.211 e. The molecule has 0 saturated carbocycles. The fourth-order valence-corrected chi connectivity index (χ4v) is 3.89. The third-order valence-electron chi connectivity index (χ3n) is 3.99. The zero-order valence-electron chi connectivity index (χ0n) is 11.4. The number of nitrogens with one attached hydrogen (secondary N) is 1. The highest BCUT2D eigenvalue weighted by Crippen LogP contribution is 2.41. The van der Waals surface area contributed by atoms with E-state index in [1.54, 1.807) is 18.3 Å². The van der Waals surface area contributed by atoms with Gasteiger partial charge < -0.3 is 0 Å². The van der Waals surface area contributed by atoms with E-state index in [1.165, 1.54) is 4.31 Å². The van der Waals surface area contributed by atoms with Gasteiger partial charge in [0, 0.05) is 29.1 Å². The monoisotopic (exact) mass is 331 g/mol. The Kier molecular flexibility index (Phi) is 3.46. The van der Waals surface area contributed by atoms with E-state index >= 15 is 4.39 Å². The van der Waals surface area contributed by atoms with Crippen LogP contribution < -0.4 is 0 Å². The van der Waals surface area contributed by atoms with Crippen LogP contribution in [0.4, 0.5) is 4.39 Å². The number of H-pyrrole nitrogens is 1. The minimum Gasteiger partial charge on any atom is -0.278 e. The molecule has 1 aliphatic heterocycles. The predicted molar refractivity (Wildman–Crippen MR) is 79.5 cm³/mol. The summed E-state index contributed by atoms with van der Waals surface area (Å²) >= 11 is 6.04. The Bertz CT molecular complexity index is 782. The lowest BCUT2D eigenvalue weighted by Crippen LogP contribution is -2.42. The summed E-state index contributed by atoms with van der Waals surface area (Å²) in [5, 5.41) is 7.83. The van der Waals surface area contributed by atoms with Gasteiger partial charge in [0.05, 0.1) is 18.0 Å². The first-order chi connectivity index (χ1) is 9.79. The number of hydrogen-bond acceptors (Lipinski definition) is 3. The predicted octanol–water partition coefficient (Wildman–Crippen LogP) is 2.44. The quantitative estimate of drug-likeness (QED) is 0.919. The highest BCUT2D eigenvalue weighted by Gasteiger charge is 2.40. The lowest BCUT2D eigenvalue weighted by molar-refractivity contribution is 0.0888. The largest absolute Gasteiger partial charge is 0.278 e. The van der Waals surface area contributed by atoms with Gasteiger partial charge in [-0.05, 0) is 25.0 Å². The van der Waals surface area contributed by atoms with Crippen LogP contribution in [0.15, 0.2) is 18.3 Å². The van der Waals surface area contributed by atoms with Gasteiger partial charge in [0.1, 0.15) is 5.67 Å². The van der Waals surface area contributed by atoms with Crippen molar-refractivity contribution in [1.82, 2.24) is 14.5 Å². The number of piperidine rings is 1. The lowest BCUT2D eigenvalue weighted by Gasteiger charge is -2.35. The molecule has 1 aromatic carbocycles. The maximum absolute atomic E-state index is 15.3. The fourth-order valence-electron chi connectivity index (χ4n) is 2.83. The summed E-state index contributed by atoms with van der Waals surface area (Å²) in [6.45, 7) is 0.336.